The summed E-state index contributed by atoms with van der Waals surface area (Å²) in [5.74, 6) is -0.304. The fraction of sp³-hybridized carbons (Fsp3) is 0.118. The fourth-order valence-corrected chi connectivity index (χ4v) is 2.24. The Morgan fingerprint density at radius 1 is 1.05 bits per heavy atom. The number of nitrogens with one attached hydrogen (secondary N) is 1. The number of Topliss-reactive ketones (excluding diaryl/α,β-unsaturated/α-hetero) is 1. The summed E-state index contributed by atoms with van der Waals surface area (Å²) in [4.78, 5) is 28.6. The molecule has 3 rings (SSSR count). The number of carbonyl (C=O) groups excluding carboxylic acids is 2. The quantitative estimate of drug-likeness (QED) is 0.937. The number of nitrogens with zero attached hydrogens (tertiary/aromatic N) is 1. The van der Waals surface area contributed by atoms with E-state index in [1.807, 2.05) is 19.1 Å². The van der Waals surface area contributed by atoms with E-state index in [2.05, 4.69) is 10.3 Å². The molecule has 4 heteroatoms. The summed E-state index contributed by atoms with van der Waals surface area (Å²) in [6.07, 6.45) is 3.13. The van der Waals surface area contributed by atoms with Gasteiger partial charge in [0.05, 0.1) is 17.9 Å². The van der Waals surface area contributed by atoms with Gasteiger partial charge in [0.1, 0.15) is 0 Å². The number of benzene rings is 1. The highest BCUT2D eigenvalue weighted by Crippen LogP contribution is 2.19. The van der Waals surface area contributed by atoms with Gasteiger partial charge in [0.25, 0.3) is 0 Å². The summed E-state index contributed by atoms with van der Waals surface area (Å²) < 4.78 is 0. The fourth-order valence-electron chi connectivity index (χ4n) is 2.24. The molecule has 1 N–H and O–H groups in total. The predicted octanol–water partition coefficient (Wildman–Crippen LogP) is 2.44. The maximum absolute atomic E-state index is 12.3. The molecule has 104 valence electrons. The van der Waals surface area contributed by atoms with Crippen molar-refractivity contribution < 1.29 is 9.59 Å². The first-order valence-corrected chi connectivity index (χ1v) is 6.70. The Labute approximate surface area is 122 Å². The number of hydrogen-bond donors (Lipinski definition) is 1. The number of hydrogen-bond acceptors (Lipinski definition) is 4. The zero-order chi connectivity index (χ0) is 14.8. The van der Waals surface area contributed by atoms with E-state index in [0.717, 1.165) is 11.3 Å². The largest absolute Gasteiger partial charge is 0.376 e. The second-order valence-electron chi connectivity index (χ2n) is 4.98. The first-order chi connectivity index (χ1) is 10.1. The predicted molar refractivity (Wildman–Crippen MR) is 79.0 cm³/mol. The molecule has 21 heavy (non-hydrogen) atoms. The SMILES string of the molecule is Cc1ccc(CNC2=CC(=O)c3ccccc3C2=O)nc1. The number of fused-ring (bicyclic) bond motifs is 1. The Morgan fingerprint density at radius 3 is 2.52 bits per heavy atom. The van der Waals surface area contributed by atoms with Gasteiger partial charge in [-0.3, -0.25) is 14.6 Å². The second kappa shape index (κ2) is 5.32. The summed E-state index contributed by atoms with van der Waals surface area (Å²) in [6.45, 7) is 2.38. The maximum atomic E-state index is 12.3. The smallest absolute Gasteiger partial charge is 0.209 e. The van der Waals surface area contributed by atoms with Crippen LogP contribution >= 0.6 is 0 Å². The molecule has 0 amide bonds. The van der Waals surface area contributed by atoms with Crippen molar-refractivity contribution in [2.75, 3.05) is 0 Å². The second-order valence-corrected chi connectivity index (χ2v) is 4.98. The third-order valence-corrected chi connectivity index (χ3v) is 3.39. The van der Waals surface area contributed by atoms with Crippen LogP contribution in [0.1, 0.15) is 32.0 Å². The van der Waals surface area contributed by atoms with Crippen molar-refractivity contribution >= 4 is 11.6 Å². The van der Waals surface area contributed by atoms with Crippen molar-refractivity contribution in [2.24, 2.45) is 0 Å². The molecule has 1 aliphatic rings. The average Bonchev–Trinajstić information content (AvgIpc) is 2.51. The number of aromatic nitrogens is 1. The number of allylic oxidation sites excluding steroid dienone is 2. The lowest BCUT2D eigenvalue weighted by molar-refractivity contribution is 0.0978. The highest BCUT2D eigenvalue weighted by atomic mass is 16.1. The lowest BCUT2D eigenvalue weighted by Crippen LogP contribution is -2.26. The molecule has 0 unspecified atom stereocenters. The summed E-state index contributed by atoms with van der Waals surface area (Å²) >= 11 is 0. The van der Waals surface area contributed by atoms with Gasteiger partial charge in [-0.2, -0.15) is 0 Å². The molecule has 0 saturated carbocycles. The maximum Gasteiger partial charge on any atom is 0.209 e. The Bertz CT molecular complexity index is 746. The first kappa shape index (κ1) is 13.2. The molecule has 4 nitrogen and oxygen atoms in total. The minimum absolute atomic E-state index is 0.149. The van der Waals surface area contributed by atoms with Crippen molar-refractivity contribution in [1.29, 1.82) is 0 Å². The zero-order valence-corrected chi connectivity index (χ0v) is 11.6. The molecule has 1 aromatic carbocycles. The summed E-state index contributed by atoms with van der Waals surface area (Å²) in [7, 11) is 0. The van der Waals surface area contributed by atoms with E-state index in [9.17, 15) is 9.59 Å². The molecule has 1 aliphatic carbocycles. The van der Waals surface area contributed by atoms with Crippen LogP contribution in [0.15, 0.2) is 54.4 Å². The van der Waals surface area contributed by atoms with E-state index in [1.54, 1.807) is 30.5 Å². The van der Waals surface area contributed by atoms with Crippen LogP contribution in [0.2, 0.25) is 0 Å². The number of carbonyl (C=O) groups is 2. The van der Waals surface area contributed by atoms with E-state index >= 15 is 0 Å². The Morgan fingerprint density at radius 2 is 1.81 bits per heavy atom. The van der Waals surface area contributed by atoms with Crippen molar-refractivity contribution in [1.82, 2.24) is 10.3 Å². The minimum atomic E-state index is -0.155. The van der Waals surface area contributed by atoms with E-state index in [1.165, 1.54) is 6.08 Å². The van der Waals surface area contributed by atoms with Crippen LogP contribution in [-0.2, 0) is 6.54 Å². The number of aryl methyl sites for hydroxylation is 1. The molecule has 0 bridgehead atoms. The summed E-state index contributed by atoms with van der Waals surface area (Å²) in [5.41, 5.74) is 3.13. The van der Waals surface area contributed by atoms with E-state index in [-0.39, 0.29) is 11.6 Å². The Balaban J connectivity index is 1.79. The van der Waals surface area contributed by atoms with E-state index in [4.69, 9.17) is 0 Å². The number of pyridine rings is 1. The van der Waals surface area contributed by atoms with Crippen molar-refractivity contribution in [3.8, 4) is 0 Å². The number of rotatable bonds is 3. The molecule has 0 fully saturated rings. The Kier molecular flexibility index (Phi) is 3.36. The van der Waals surface area contributed by atoms with Crippen LogP contribution in [0.5, 0.6) is 0 Å². The van der Waals surface area contributed by atoms with Gasteiger partial charge in [0, 0.05) is 23.4 Å². The molecule has 1 aromatic heterocycles. The third kappa shape index (κ3) is 2.60. The lowest BCUT2D eigenvalue weighted by Gasteiger charge is -2.16. The van der Waals surface area contributed by atoms with Gasteiger partial charge < -0.3 is 5.32 Å². The molecule has 2 aromatic rings. The first-order valence-electron chi connectivity index (χ1n) is 6.70. The van der Waals surface area contributed by atoms with Crippen molar-refractivity contribution in [3.63, 3.8) is 0 Å². The van der Waals surface area contributed by atoms with Gasteiger partial charge in [-0.05, 0) is 18.6 Å². The van der Waals surface area contributed by atoms with Gasteiger partial charge in [-0.15, -0.1) is 0 Å². The molecule has 0 spiro atoms. The van der Waals surface area contributed by atoms with Gasteiger partial charge in [0.15, 0.2) is 5.78 Å². The molecule has 0 atom stereocenters. The molecular weight excluding hydrogens is 264 g/mol. The van der Waals surface area contributed by atoms with Crippen LogP contribution in [-0.4, -0.2) is 16.6 Å². The Hall–Kier alpha value is -2.75. The van der Waals surface area contributed by atoms with Gasteiger partial charge >= 0.3 is 0 Å². The summed E-state index contributed by atoms with van der Waals surface area (Å²) in [6, 6.07) is 10.7. The van der Waals surface area contributed by atoms with Gasteiger partial charge in [-0.1, -0.05) is 30.3 Å². The van der Waals surface area contributed by atoms with Crippen molar-refractivity contribution in [3.05, 3.63) is 76.8 Å². The normalized spacial score (nSPS) is 13.7. The molecule has 0 saturated heterocycles. The minimum Gasteiger partial charge on any atom is -0.376 e. The van der Waals surface area contributed by atoms with Crippen LogP contribution in [0.25, 0.3) is 0 Å². The average molecular weight is 278 g/mol. The standard InChI is InChI=1S/C17H14N2O2/c1-11-6-7-12(18-9-11)10-19-15-8-16(20)13-4-2-3-5-14(13)17(15)21/h2-9,19H,10H2,1H3. The van der Waals surface area contributed by atoms with Crippen LogP contribution < -0.4 is 5.32 Å². The van der Waals surface area contributed by atoms with Crippen LogP contribution in [0.3, 0.4) is 0 Å². The third-order valence-electron chi connectivity index (χ3n) is 3.39. The molecule has 1 heterocycles. The summed E-state index contributed by atoms with van der Waals surface area (Å²) in [5, 5.41) is 3.01. The molecular formula is C17H14N2O2. The van der Waals surface area contributed by atoms with E-state index in [0.29, 0.717) is 23.4 Å². The highest BCUT2D eigenvalue weighted by Gasteiger charge is 2.24. The topological polar surface area (TPSA) is 59.1 Å². The highest BCUT2D eigenvalue weighted by molar-refractivity contribution is 6.24. The van der Waals surface area contributed by atoms with Crippen molar-refractivity contribution in [2.45, 2.75) is 13.5 Å². The van der Waals surface area contributed by atoms with Crippen LogP contribution in [0, 0.1) is 6.92 Å². The monoisotopic (exact) mass is 278 g/mol. The molecule has 0 aliphatic heterocycles. The number of ketones is 2. The zero-order valence-electron chi connectivity index (χ0n) is 11.6. The lowest BCUT2D eigenvalue weighted by atomic mass is 9.93. The molecule has 0 radical (unpaired) electrons. The van der Waals surface area contributed by atoms with Gasteiger partial charge in [0.2, 0.25) is 5.78 Å². The van der Waals surface area contributed by atoms with E-state index < -0.39 is 0 Å². The van der Waals surface area contributed by atoms with Gasteiger partial charge in [-0.25, -0.2) is 0 Å². The van der Waals surface area contributed by atoms with Crippen LogP contribution in [0.4, 0.5) is 0 Å².